The third-order valence-corrected chi connectivity index (χ3v) is 4.00. The number of aromatic nitrogens is 4. The zero-order valence-corrected chi connectivity index (χ0v) is 11.3. The summed E-state index contributed by atoms with van der Waals surface area (Å²) in [6.07, 6.45) is 6.29. The van der Waals surface area contributed by atoms with E-state index in [1.54, 1.807) is 6.07 Å². The van der Waals surface area contributed by atoms with Gasteiger partial charge in [0.15, 0.2) is 5.65 Å². The molecule has 1 saturated carbocycles. The van der Waals surface area contributed by atoms with E-state index in [1.807, 2.05) is 0 Å². The highest BCUT2D eigenvalue weighted by molar-refractivity contribution is 5.48. The molecule has 6 nitrogen and oxygen atoms in total. The standard InChI is InChI=1S/C13H19N5O/c1-13(2)5-3-9(4-6-13)15-10-7-11-16-17-12(19)18(11)8-14-10/h7-9,15H,3-6H2,1-2H3,(H,17,19). The van der Waals surface area contributed by atoms with Crippen LogP contribution in [0.2, 0.25) is 0 Å². The number of aromatic amines is 1. The predicted molar refractivity (Wildman–Crippen MR) is 73.3 cm³/mol. The second-order valence-electron chi connectivity index (χ2n) is 6.11. The molecule has 2 heterocycles. The Balaban J connectivity index is 1.73. The molecule has 2 aromatic heterocycles. The van der Waals surface area contributed by atoms with Crippen molar-refractivity contribution in [3.8, 4) is 0 Å². The van der Waals surface area contributed by atoms with Crippen molar-refractivity contribution in [3.63, 3.8) is 0 Å². The summed E-state index contributed by atoms with van der Waals surface area (Å²) >= 11 is 0. The molecule has 0 saturated heterocycles. The Bertz CT molecular complexity index is 632. The van der Waals surface area contributed by atoms with E-state index in [0.29, 0.717) is 17.1 Å². The Kier molecular flexibility index (Phi) is 2.80. The summed E-state index contributed by atoms with van der Waals surface area (Å²) in [5.74, 6) is 0.788. The Hall–Kier alpha value is -1.85. The average molecular weight is 261 g/mol. The maximum Gasteiger partial charge on any atom is 0.348 e. The van der Waals surface area contributed by atoms with Crippen molar-refractivity contribution < 1.29 is 0 Å². The van der Waals surface area contributed by atoms with E-state index in [1.165, 1.54) is 23.6 Å². The molecule has 0 unspecified atom stereocenters. The lowest BCUT2D eigenvalue weighted by Crippen LogP contribution is -2.30. The quantitative estimate of drug-likeness (QED) is 0.864. The van der Waals surface area contributed by atoms with Crippen molar-refractivity contribution in [2.75, 3.05) is 5.32 Å². The summed E-state index contributed by atoms with van der Waals surface area (Å²) < 4.78 is 1.40. The van der Waals surface area contributed by atoms with Gasteiger partial charge in [-0.15, -0.1) is 0 Å². The molecule has 1 aliphatic carbocycles. The lowest BCUT2D eigenvalue weighted by molar-refractivity contribution is 0.232. The molecule has 102 valence electrons. The minimum atomic E-state index is -0.256. The molecule has 3 rings (SSSR count). The van der Waals surface area contributed by atoms with Crippen LogP contribution >= 0.6 is 0 Å². The molecule has 6 heteroatoms. The van der Waals surface area contributed by atoms with Gasteiger partial charge >= 0.3 is 5.69 Å². The molecule has 0 amide bonds. The number of H-pyrrole nitrogens is 1. The van der Waals surface area contributed by atoms with Gasteiger partial charge in [0.1, 0.15) is 12.1 Å². The largest absolute Gasteiger partial charge is 0.367 e. The number of fused-ring (bicyclic) bond motifs is 1. The Labute approximate surface area is 111 Å². The Morgan fingerprint density at radius 1 is 1.42 bits per heavy atom. The van der Waals surface area contributed by atoms with E-state index in [2.05, 4.69) is 34.3 Å². The van der Waals surface area contributed by atoms with Crippen molar-refractivity contribution in [1.82, 2.24) is 19.6 Å². The highest BCUT2D eigenvalue weighted by atomic mass is 16.1. The summed E-state index contributed by atoms with van der Waals surface area (Å²) in [5, 5.41) is 9.79. The molecule has 1 fully saturated rings. The van der Waals surface area contributed by atoms with Crippen LogP contribution in [-0.2, 0) is 0 Å². The van der Waals surface area contributed by atoms with Gasteiger partial charge in [0.05, 0.1) is 0 Å². The van der Waals surface area contributed by atoms with Gasteiger partial charge in [0.25, 0.3) is 0 Å². The van der Waals surface area contributed by atoms with Crippen LogP contribution in [0.1, 0.15) is 39.5 Å². The van der Waals surface area contributed by atoms with E-state index in [-0.39, 0.29) is 5.69 Å². The lowest BCUT2D eigenvalue weighted by atomic mass is 9.75. The molecular formula is C13H19N5O. The van der Waals surface area contributed by atoms with Gasteiger partial charge in [-0.25, -0.2) is 19.3 Å². The van der Waals surface area contributed by atoms with Crippen LogP contribution < -0.4 is 11.0 Å². The molecule has 0 spiro atoms. The lowest BCUT2D eigenvalue weighted by Gasteiger charge is -2.34. The second-order valence-corrected chi connectivity index (χ2v) is 6.11. The van der Waals surface area contributed by atoms with E-state index in [4.69, 9.17) is 0 Å². The summed E-state index contributed by atoms with van der Waals surface area (Å²) in [5.41, 5.74) is 0.803. The fourth-order valence-electron chi connectivity index (χ4n) is 2.64. The van der Waals surface area contributed by atoms with E-state index < -0.39 is 0 Å². The first-order valence-electron chi connectivity index (χ1n) is 6.73. The number of rotatable bonds is 2. The summed E-state index contributed by atoms with van der Waals surface area (Å²) in [6.45, 7) is 4.65. The van der Waals surface area contributed by atoms with Gasteiger partial charge in [0.2, 0.25) is 0 Å². The average Bonchev–Trinajstić information content (AvgIpc) is 2.74. The highest BCUT2D eigenvalue weighted by Gasteiger charge is 2.26. The predicted octanol–water partition coefficient (Wildman–Crippen LogP) is 1.80. The number of anilines is 1. The van der Waals surface area contributed by atoms with Crippen LogP contribution in [0.15, 0.2) is 17.2 Å². The Morgan fingerprint density at radius 3 is 2.89 bits per heavy atom. The molecular weight excluding hydrogens is 242 g/mol. The second kappa shape index (κ2) is 4.36. The summed E-state index contributed by atoms with van der Waals surface area (Å²) in [4.78, 5) is 15.6. The minimum Gasteiger partial charge on any atom is -0.367 e. The third-order valence-electron chi connectivity index (χ3n) is 4.00. The highest BCUT2D eigenvalue weighted by Crippen LogP contribution is 2.35. The van der Waals surface area contributed by atoms with Crippen molar-refractivity contribution >= 4 is 11.5 Å². The molecule has 0 aromatic carbocycles. The van der Waals surface area contributed by atoms with Crippen LogP contribution in [0.3, 0.4) is 0 Å². The summed E-state index contributed by atoms with van der Waals surface area (Å²) in [7, 11) is 0. The van der Waals surface area contributed by atoms with Gasteiger partial charge < -0.3 is 5.32 Å². The van der Waals surface area contributed by atoms with Gasteiger partial charge in [-0.2, -0.15) is 5.10 Å². The Morgan fingerprint density at radius 2 is 2.16 bits per heavy atom. The van der Waals surface area contributed by atoms with E-state index >= 15 is 0 Å². The van der Waals surface area contributed by atoms with Crippen LogP contribution in [0, 0.1) is 5.41 Å². The number of hydrogen-bond acceptors (Lipinski definition) is 4. The summed E-state index contributed by atoms with van der Waals surface area (Å²) in [6, 6.07) is 2.27. The molecule has 0 bridgehead atoms. The maximum atomic E-state index is 11.3. The normalized spacial score (nSPS) is 19.7. The number of hydrogen-bond donors (Lipinski definition) is 2. The fraction of sp³-hybridized carbons (Fsp3) is 0.615. The molecule has 2 N–H and O–H groups in total. The molecule has 19 heavy (non-hydrogen) atoms. The number of nitrogens with one attached hydrogen (secondary N) is 2. The third kappa shape index (κ3) is 2.47. The van der Waals surface area contributed by atoms with Crippen molar-refractivity contribution in [2.24, 2.45) is 5.41 Å². The SMILES string of the molecule is CC1(C)CCC(Nc2cc3n[nH]c(=O)n3cn2)CC1. The molecule has 1 aliphatic rings. The minimum absolute atomic E-state index is 0.256. The first-order valence-corrected chi connectivity index (χ1v) is 6.73. The van der Waals surface area contributed by atoms with Gasteiger partial charge in [-0.3, -0.25) is 0 Å². The van der Waals surface area contributed by atoms with Gasteiger partial charge in [-0.1, -0.05) is 13.8 Å². The maximum absolute atomic E-state index is 11.3. The smallest absolute Gasteiger partial charge is 0.348 e. The fourth-order valence-corrected chi connectivity index (χ4v) is 2.64. The van der Waals surface area contributed by atoms with E-state index in [9.17, 15) is 4.79 Å². The van der Waals surface area contributed by atoms with Crippen LogP contribution in [-0.4, -0.2) is 25.6 Å². The van der Waals surface area contributed by atoms with Crippen LogP contribution in [0.25, 0.3) is 5.65 Å². The zero-order valence-electron chi connectivity index (χ0n) is 11.3. The monoisotopic (exact) mass is 261 g/mol. The first kappa shape index (κ1) is 12.2. The topological polar surface area (TPSA) is 75.1 Å². The van der Waals surface area contributed by atoms with Crippen LogP contribution in [0.4, 0.5) is 5.82 Å². The molecule has 0 aliphatic heterocycles. The number of nitrogens with zero attached hydrogens (tertiary/aromatic N) is 3. The first-order chi connectivity index (χ1) is 9.03. The van der Waals surface area contributed by atoms with Crippen molar-refractivity contribution in [1.29, 1.82) is 0 Å². The molecule has 2 aromatic rings. The van der Waals surface area contributed by atoms with Crippen molar-refractivity contribution in [3.05, 3.63) is 22.9 Å². The van der Waals surface area contributed by atoms with Crippen molar-refractivity contribution in [2.45, 2.75) is 45.6 Å². The van der Waals surface area contributed by atoms with Gasteiger partial charge in [-0.05, 0) is 31.1 Å². The van der Waals surface area contributed by atoms with Crippen LogP contribution in [0.5, 0.6) is 0 Å². The van der Waals surface area contributed by atoms with Gasteiger partial charge in [0, 0.05) is 12.1 Å². The zero-order chi connectivity index (χ0) is 13.5. The molecule has 0 atom stereocenters. The van der Waals surface area contributed by atoms with E-state index in [0.717, 1.165) is 18.7 Å². The molecule has 0 radical (unpaired) electrons.